The molecule has 136 valence electrons. The van der Waals surface area contributed by atoms with E-state index in [0.717, 1.165) is 28.6 Å². The van der Waals surface area contributed by atoms with Gasteiger partial charge in [0.25, 0.3) is 0 Å². The number of aliphatic hydroxyl groups is 1. The Hall–Kier alpha value is -1.95. The molecular formula is C20H29N3O2. The summed E-state index contributed by atoms with van der Waals surface area (Å²) in [4.78, 5) is 4.37. The Bertz CT molecular complexity index is 719. The zero-order chi connectivity index (χ0) is 18.4. The molecule has 25 heavy (non-hydrogen) atoms. The second-order valence-corrected chi connectivity index (χ2v) is 6.36. The number of aliphatic hydroxyl groups excluding tert-OH is 1. The van der Waals surface area contributed by atoms with Gasteiger partial charge in [-0.2, -0.15) is 0 Å². The Morgan fingerprint density at radius 1 is 1.40 bits per heavy atom. The molecule has 0 fully saturated rings. The first-order valence-electron chi connectivity index (χ1n) is 8.76. The smallest absolute Gasteiger partial charge is 0.119 e. The van der Waals surface area contributed by atoms with Gasteiger partial charge in [-0.25, -0.2) is 0 Å². The molecule has 0 saturated heterocycles. The molecule has 1 heterocycles. The summed E-state index contributed by atoms with van der Waals surface area (Å²) in [6, 6.07) is 7.44. The Kier molecular flexibility index (Phi) is 6.53. The van der Waals surface area contributed by atoms with Crippen molar-refractivity contribution in [3.05, 3.63) is 48.7 Å². The van der Waals surface area contributed by atoms with Crippen molar-refractivity contribution in [1.29, 1.82) is 0 Å². The molecule has 5 nitrogen and oxygen atoms in total. The van der Waals surface area contributed by atoms with E-state index in [4.69, 9.17) is 10.5 Å². The molecule has 2 unspecified atom stereocenters. The van der Waals surface area contributed by atoms with Gasteiger partial charge < -0.3 is 15.6 Å². The van der Waals surface area contributed by atoms with Crippen LogP contribution >= 0.6 is 0 Å². The zero-order valence-corrected chi connectivity index (χ0v) is 15.3. The first-order chi connectivity index (χ1) is 12.0. The van der Waals surface area contributed by atoms with E-state index < -0.39 is 11.8 Å². The molecule has 0 aliphatic rings. The fourth-order valence-electron chi connectivity index (χ4n) is 2.92. The van der Waals surface area contributed by atoms with Crippen LogP contribution in [0.5, 0.6) is 5.75 Å². The van der Waals surface area contributed by atoms with Crippen molar-refractivity contribution in [3.63, 3.8) is 0 Å². The highest BCUT2D eigenvalue weighted by atomic mass is 16.5. The van der Waals surface area contributed by atoms with Gasteiger partial charge >= 0.3 is 0 Å². The molecule has 5 heteroatoms. The molecule has 0 saturated carbocycles. The van der Waals surface area contributed by atoms with Gasteiger partial charge in [0, 0.05) is 18.1 Å². The number of fused-ring (bicyclic) bond motifs is 1. The molecule has 0 amide bonds. The summed E-state index contributed by atoms with van der Waals surface area (Å²) < 4.78 is 5.31. The second kappa shape index (κ2) is 8.43. The largest absolute Gasteiger partial charge is 0.497 e. The molecule has 0 bridgehead atoms. The van der Waals surface area contributed by atoms with Gasteiger partial charge in [0.2, 0.25) is 0 Å². The lowest BCUT2D eigenvalue weighted by molar-refractivity contribution is 0.0576. The Morgan fingerprint density at radius 3 is 2.76 bits per heavy atom. The number of rotatable bonds is 9. The van der Waals surface area contributed by atoms with E-state index in [1.807, 2.05) is 37.3 Å². The third-order valence-electron chi connectivity index (χ3n) is 4.90. The highest BCUT2D eigenvalue weighted by Gasteiger charge is 2.34. The van der Waals surface area contributed by atoms with Crippen LogP contribution in [0.2, 0.25) is 0 Å². The van der Waals surface area contributed by atoms with Crippen LogP contribution in [0, 0.1) is 5.92 Å². The quantitative estimate of drug-likeness (QED) is 0.481. The molecular weight excluding hydrogens is 314 g/mol. The molecule has 2 aromatic rings. The molecule has 1 aromatic heterocycles. The Labute approximate surface area is 149 Å². The Balaban J connectivity index is 2.37. The molecule has 0 spiro atoms. The summed E-state index contributed by atoms with van der Waals surface area (Å²) in [5.74, 6) is 1.04. The molecule has 4 N–H and O–H groups in total. The second-order valence-electron chi connectivity index (χ2n) is 6.36. The van der Waals surface area contributed by atoms with Crippen molar-refractivity contribution in [2.45, 2.75) is 38.5 Å². The summed E-state index contributed by atoms with van der Waals surface area (Å²) in [5.41, 5.74) is 7.15. The standard InChI is InChI=1S/C20H29N3O2/c1-5-14(6-2)13-23-20(21,7-3)19(24)16-10-11-22-18-9-8-15(25-4)12-17(16)18/h5,8-12,14,19,23-24H,1,6-7,13,21H2,2-4H3/t14?,19-,20?/m1/s1. The van der Waals surface area contributed by atoms with Crippen LogP contribution in [-0.4, -0.2) is 29.4 Å². The number of methoxy groups -OCH3 is 1. The SMILES string of the molecule is C=CC(CC)CNC(N)(CC)[C@H](O)c1ccnc2ccc(OC)cc12. The first kappa shape index (κ1) is 19.4. The number of hydrogen-bond donors (Lipinski definition) is 3. The van der Waals surface area contributed by atoms with Crippen LogP contribution in [0.25, 0.3) is 10.9 Å². The molecule has 2 rings (SSSR count). The van der Waals surface area contributed by atoms with Gasteiger partial charge in [-0.1, -0.05) is 19.9 Å². The van der Waals surface area contributed by atoms with Crippen LogP contribution in [0.3, 0.4) is 0 Å². The van der Waals surface area contributed by atoms with Crippen molar-refractivity contribution in [1.82, 2.24) is 10.3 Å². The van der Waals surface area contributed by atoms with Crippen LogP contribution in [0.15, 0.2) is 43.1 Å². The minimum Gasteiger partial charge on any atom is -0.497 e. The van der Waals surface area contributed by atoms with Crippen molar-refractivity contribution >= 4 is 10.9 Å². The first-order valence-corrected chi connectivity index (χ1v) is 8.76. The number of benzene rings is 1. The molecule has 0 radical (unpaired) electrons. The number of nitrogens with zero attached hydrogens (tertiary/aromatic N) is 1. The molecule has 3 atom stereocenters. The van der Waals surface area contributed by atoms with E-state index in [-0.39, 0.29) is 0 Å². The number of aromatic nitrogens is 1. The average Bonchev–Trinajstić information content (AvgIpc) is 2.67. The van der Waals surface area contributed by atoms with Gasteiger partial charge in [-0.05, 0) is 48.6 Å². The lowest BCUT2D eigenvalue weighted by atomic mass is 9.91. The number of nitrogens with two attached hydrogens (primary N) is 1. The number of nitrogens with one attached hydrogen (secondary N) is 1. The van der Waals surface area contributed by atoms with E-state index in [0.29, 0.717) is 18.9 Å². The summed E-state index contributed by atoms with van der Waals surface area (Å²) in [6.07, 6.45) is 4.29. The third-order valence-corrected chi connectivity index (χ3v) is 4.90. The van der Waals surface area contributed by atoms with Gasteiger partial charge in [0.1, 0.15) is 11.9 Å². The van der Waals surface area contributed by atoms with Crippen molar-refractivity contribution in [2.24, 2.45) is 11.7 Å². The molecule has 1 aromatic carbocycles. The lowest BCUT2D eigenvalue weighted by Crippen LogP contribution is -2.58. The van der Waals surface area contributed by atoms with Crippen LogP contribution in [-0.2, 0) is 0 Å². The van der Waals surface area contributed by atoms with Crippen molar-refractivity contribution in [3.8, 4) is 5.75 Å². The number of pyridine rings is 1. The highest BCUT2D eigenvalue weighted by Crippen LogP contribution is 2.32. The predicted molar refractivity (Wildman–Crippen MR) is 102 cm³/mol. The minimum absolute atomic E-state index is 0.316. The van der Waals surface area contributed by atoms with Gasteiger partial charge in [-0.15, -0.1) is 6.58 Å². The van der Waals surface area contributed by atoms with E-state index in [1.165, 1.54) is 0 Å². The fraction of sp³-hybridized carbons (Fsp3) is 0.450. The van der Waals surface area contributed by atoms with E-state index in [9.17, 15) is 5.11 Å². The summed E-state index contributed by atoms with van der Waals surface area (Å²) in [6.45, 7) is 8.61. The lowest BCUT2D eigenvalue weighted by Gasteiger charge is -2.36. The maximum absolute atomic E-state index is 11.1. The van der Waals surface area contributed by atoms with E-state index in [2.05, 4.69) is 23.8 Å². The summed E-state index contributed by atoms with van der Waals surface area (Å²) in [7, 11) is 1.62. The molecule has 0 aliphatic carbocycles. The van der Waals surface area contributed by atoms with E-state index in [1.54, 1.807) is 13.3 Å². The van der Waals surface area contributed by atoms with Crippen LogP contribution in [0.1, 0.15) is 38.4 Å². The third kappa shape index (κ3) is 4.18. The van der Waals surface area contributed by atoms with Gasteiger partial charge in [-0.3, -0.25) is 10.3 Å². The topological polar surface area (TPSA) is 80.4 Å². The normalized spacial score (nSPS) is 16.2. The number of ether oxygens (including phenoxy) is 1. The summed E-state index contributed by atoms with van der Waals surface area (Å²) in [5, 5.41) is 15.3. The monoisotopic (exact) mass is 343 g/mol. The zero-order valence-electron chi connectivity index (χ0n) is 15.3. The van der Waals surface area contributed by atoms with Crippen LogP contribution in [0.4, 0.5) is 0 Å². The minimum atomic E-state index is -0.937. The number of hydrogen-bond acceptors (Lipinski definition) is 5. The molecule has 0 aliphatic heterocycles. The predicted octanol–water partition coefficient (Wildman–Crippen LogP) is 3.14. The maximum atomic E-state index is 11.1. The van der Waals surface area contributed by atoms with Gasteiger partial charge in [0.15, 0.2) is 0 Å². The Morgan fingerprint density at radius 2 is 2.16 bits per heavy atom. The fourth-order valence-corrected chi connectivity index (χ4v) is 2.92. The van der Waals surface area contributed by atoms with E-state index >= 15 is 0 Å². The average molecular weight is 343 g/mol. The highest BCUT2D eigenvalue weighted by molar-refractivity contribution is 5.84. The van der Waals surface area contributed by atoms with Crippen molar-refractivity contribution in [2.75, 3.05) is 13.7 Å². The van der Waals surface area contributed by atoms with Crippen LogP contribution < -0.4 is 15.8 Å². The van der Waals surface area contributed by atoms with Crippen molar-refractivity contribution < 1.29 is 9.84 Å². The van der Waals surface area contributed by atoms with Gasteiger partial charge in [0.05, 0.1) is 18.3 Å². The summed E-state index contributed by atoms with van der Waals surface area (Å²) >= 11 is 0. The maximum Gasteiger partial charge on any atom is 0.119 e.